The quantitative estimate of drug-likeness (QED) is 0.521. The molecule has 1 amide bonds. The average Bonchev–Trinajstić information content (AvgIpc) is 2.87. The van der Waals surface area contributed by atoms with E-state index in [1.54, 1.807) is 0 Å². The number of sulfonamides is 1. The van der Waals surface area contributed by atoms with E-state index in [1.807, 2.05) is 0 Å². The third-order valence-electron chi connectivity index (χ3n) is 5.70. The van der Waals surface area contributed by atoms with Crippen LogP contribution in [0.5, 0.6) is 17.2 Å². The molecule has 0 saturated carbocycles. The van der Waals surface area contributed by atoms with Crippen LogP contribution in [-0.2, 0) is 19.6 Å². The summed E-state index contributed by atoms with van der Waals surface area (Å²) in [6.45, 7) is 0.234. The van der Waals surface area contributed by atoms with Crippen molar-refractivity contribution >= 4 is 39.2 Å². The van der Waals surface area contributed by atoms with E-state index in [0.29, 0.717) is 30.1 Å². The number of hydrogen-bond donors (Lipinski definition) is 1. The van der Waals surface area contributed by atoms with Crippen LogP contribution in [0.25, 0.3) is 0 Å². The fourth-order valence-electron chi connectivity index (χ4n) is 3.83. The van der Waals surface area contributed by atoms with E-state index in [9.17, 15) is 18.0 Å². The van der Waals surface area contributed by atoms with Crippen molar-refractivity contribution in [3.05, 3.63) is 40.9 Å². The summed E-state index contributed by atoms with van der Waals surface area (Å²) in [6, 6.07) is 7.08. The number of piperidine rings is 1. The number of nitrogens with one attached hydrogen (secondary N) is 1. The highest BCUT2D eigenvalue weighted by molar-refractivity contribution is 7.89. The van der Waals surface area contributed by atoms with Crippen LogP contribution in [0.2, 0.25) is 5.02 Å². The Kier molecular flexibility index (Phi) is 8.47. The minimum Gasteiger partial charge on any atom is -0.495 e. The summed E-state index contributed by atoms with van der Waals surface area (Å²) in [6.07, 6.45) is 0.957. The molecule has 0 aromatic heterocycles. The molecule has 2 aromatic carbocycles. The van der Waals surface area contributed by atoms with Gasteiger partial charge in [-0.1, -0.05) is 11.6 Å². The van der Waals surface area contributed by atoms with E-state index >= 15 is 0 Å². The van der Waals surface area contributed by atoms with Crippen molar-refractivity contribution in [1.82, 2.24) is 4.31 Å². The minimum absolute atomic E-state index is 0.0113. The lowest BCUT2D eigenvalue weighted by Gasteiger charge is -2.31. The summed E-state index contributed by atoms with van der Waals surface area (Å²) in [5.74, 6) is -0.803. The molecule has 1 saturated heterocycles. The number of nitrogens with zero attached hydrogens (tertiary/aromatic N) is 1. The topological polar surface area (TPSA) is 120 Å². The monoisotopic (exact) mass is 526 g/mol. The van der Waals surface area contributed by atoms with Gasteiger partial charge < -0.3 is 24.3 Å². The van der Waals surface area contributed by atoms with Gasteiger partial charge in [-0.15, -0.1) is 0 Å². The van der Waals surface area contributed by atoms with Gasteiger partial charge in [0, 0.05) is 25.2 Å². The lowest BCUT2D eigenvalue weighted by atomic mass is 9.98. The predicted octanol–water partition coefficient (Wildman–Crippen LogP) is 3.19. The number of benzene rings is 2. The molecule has 0 aliphatic carbocycles. The van der Waals surface area contributed by atoms with Gasteiger partial charge in [0.05, 0.1) is 55.5 Å². The van der Waals surface area contributed by atoms with E-state index in [0.717, 1.165) is 0 Å². The number of halogens is 1. The van der Waals surface area contributed by atoms with Crippen molar-refractivity contribution in [2.75, 3.05) is 46.8 Å². The van der Waals surface area contributed by atoms with Crippen molar-refractivity contribution in [1.29, 1.82) is 0 Å². The molecule has 1 aliphatic rings. The third-order valence-corrected chi connectivity index (χ3v) is 7.86. The van der Waals surface area contributed by atoms with Crippen LogP contribution in [0.4, 0.5) is 5.69 Å². The van der Waals surface area contributed by atoms with Crippen LogP contribution in [0.3, 0.4) is 0 Å². The molecule has 35 heavy (non-hydrogen) atoms. The Hall–Kier alpha value is -3.02. The van der Waals surface area contributed by atoms with Gasteiger partial charge in [0.25, 0.3) is 0 Å². The number of esters is 1. The first-order valence-corrected chi connectivity index (χ1v) is 12.5. The third kappa shape index (κ3) is 5.63. The largest absolute Gasteiger partial charge is 0.495 e. The number of anilines is 1. The van der Waals surface area contributed by atoms with E-state index < -0.39 is 27.8 Å². The number of carbonyl (C=O) groups is 2. The summed E-state index contributed by atoms with van der Waals surface area (Å²) in [4.78, 5) is 25.4. The molecule has 3 rings (SSSR count). The van der Waals surface area contributed by atoms with E-state index in [1.165, 1.54) is 63.1 Å². The smallest absolute Gasteiger partial charge is 0.340 e. The second-order valence-corrected chi connectivity index (χ2v) is 10.1. The Labute approximate surface area is 209 Å². The van der Waals surface area contributed by atoms with Gasteiger partial charge >= 0.3 is 5.97 Å². The summed E-state index contributed by atoms with van der Waals surface area (Å²) in [5.41, 5.74) is 0.244. The zero-order valence-corrected chi connectivity index (χ0v) is 21.4. The molecule has 10 nitrogen and oxygen atoms in total. The molecule has 1 aliphatic heterocycles. The Morgan fingerprint density at radius 2 is 1.66 bits per heavy atom. The highest BCUT2D eigenvalue weighted by Gasteiger charge is 2.34. The lowest BCUT2D eigenvalue weighted by Crippen LogP contribution is -2.43. The maximum atomic E-state index is 13.2. The highest BCUT2D eigenvalue weighted by atomic mass is 35.5. The van der Waals surface area contributed by atoms with E-state index in [-0.39, 0.29) is 34.3 Å². The van der Waals surface area contributed by atoms with Crippen molar-refractivity contribution < 1.29 is 37.0 Å². The summed E-state index contributed by atoms with van der Waals surface area (Å²) < 4.78 is 48.1. The maximum absolute atomic E-state index is 13.2. The molecule has 0 unspecified atom stereocenters. The molecular formula is C23H27ClN2O8S. The second kappa shape index (κ2) is 11.1. The number of hydrogen-bond acceptors (Lipinski definition) is 8. The van der Waals surface area contributed by atoms with Gasteiger partial charge in [-0.25, -0.2) is 13.2 Å². The van der Waals surface area contributed by atoms with Gasteiger partial charge in [0.2, 0.25) is 15.9 Å². The number of rotatable bonds is 8. The summed E-state index contributed by atoms with van der Waals surface area (Å²) in [5, 5.41) is 2.89. The summed E-state index contributed by atoms with van der Waals surface area (Å²) >= 11 is 6.11. The van der Waals surface area contributed by atoms with Crippen LogP contribution in [0, 0.1) is 5.92 Å². The second-order valence-electron chi connectivity index (χ2n) is 7.73. The average molecular weight is 527 g/mol. The van der Waals surface area contributed by atoms with E-state index in [4.69, 9.17) is 30.5 Å². The fourth-order valence-corrected chi connectivity index (χ4v) is 5.70. The number of ether oxygens (including phenoxy) is 4. The van der Waals surface area contributed by atoms with E-state index in [2.05, 4.69) is 5.32 Å². The van der Waals surface area contributed by atoms with Gasteiger partial charge in [-0.2, -0.15) is 4.31 Å². The Bertz CT molecular complexity index is 1220. The summed E-state index contributed by atoms with van der Waals surface area (Å²) in [7, 11) is 1.62. The Balaban J connectivity index is 1.84. The van der Waals surface area contributed by atoms with Crippen LogP contribution in [0.1, 0.15) is 23.2 Å². The molecule has 0 radical (unpaired) electrons. The molecule has 0 bridgehead atoms. The predicted molar refractivity (Wildman–Crippen MR) is 129 cm³/mol. The van der Waals surface area contributed by atoms with Gasteiger partial charge in [0.1, 0.15) is 5.75 Å². The highest BCUT2D eigenvalue weighted by Crippen LogP contribution is 2.35. The van der Waals surface area contributed by atoms with Crippen molar-refractivity contribution in [3.63, 3.8) is 0 Å². The first kappa shape index (κ1) is 26.6. The number of methoxy groups -OCH3 is 4. The molecule has 190 valence electrons. The van der Waals surface area contributed by atoms with Gasteiger partial charge in [0.15, 0.2) is 11.5 Å². The van der Waals surface area contributed by atoms with Crippen molar-refractivity contribution in [2.45, 2.75) is 17.7 Å². The van der Waals surface area contributed by atoms with Crippen LogP contribution in [0.15, 0.2) is 35.2 Å². The molecule has 1 heterocycles. The fraction of sp³-hybridized carbons (Fsp3) is 0.391. The van der Waals surface area contributed by atoms with Crippen LogP contribution in [-0.4, -0.2) is 66.1 Å². The SMILES string of the molecule is COC(=O)c1cc(OC)c(OC)cc1NC(=O)[C@@H]1CCCN(S(=O)(=O)c2ccc(OC)c(Cl)c2)C1. The molecule has 1 fully saturated rings. The molecule has 1 atom stereocenters. The normalized spacial score (nSPS) is 16.3. The van der Waals surface area contributed by atoms with Gasteiger partial charge in [-0.3, -0.25) is 4.79 Å². The van der Waals surface area contributed by atoms with Gasteiger partial charge in [-0.05, 0) is 31.0 Å². The zero-order chi connectivity index (χ0) is 25.8. The number of carbonyl (C=O) groups excluding carboxylic acids is 2. The first-order valence-electron chi connectivity index (χ1n) is 10.6. The zero-order valence-electron chi connectivity index (χ0n) is 19.8. The van der Waals surface area contributed by atoms with Crippen LogP contribution >= 0.6 is 11.6 Å². The minimum atomic E-state index is -3.89. The Morgan fingerprint density at radius 3 is 2.26 bits per heavy atom. The first-order chi connectivity index (χ1) is 16.7. The molecule has 1 N–H and O–H groups in total. The molecule has 0 spiro atoms. The van der Waals surface area contributed by atoms with Crippen molar-refractivity contribution in [3.8, 4) is 17.2 Å². The lowest BCUT2D eigenvalue weighted by molar-refractivity contribution is -0.120. The molecule has 2 aromatic rings. The molecule has 12 heteroatoms. The van der Waals surface area contributed by atoms with Crippen LogP contribution < -0.4 is 19.5 Å². The Morgan fingerprint density at radius 1 is 1.00 bits per heavy atom. The molecular weight excluding hydrogens is 500 g/mol. The maximum Gasteiger partial charge on any atom is 0.340 e. The van der Waals surface area contributed by atoms with Crippen molar-refractivity contribution in [2.24, 2.45) is 5.92 Å². The number of amides is 1. The standard InChI is InChI=1S/C23H27ClN2O8S/c1-31-19-8-7-15(10-17(19)24)35(29,30)26-9-5-6-14(13-26)22(27)25-18-12-21(33-3)20(32-2)11-16(18)23(28)34-4/h7-8,10-12,14H,5-6,9,13H2,1-4H3,(H,25,27)/t14-/m1/s1.